The van der Waals surface area contributed by atoms with Crippen molar-refractivity contribution in [3.63, 3.8) is 0 Å². The third kappa shape index (κ3) is 4.80. The average Bonchev–Trinajstić information content (AvgIpc) is 3.23. The largest absolute Gasteiger partial charge is 0.497 e. The number of benzene rings is 3. The molecule has 1 aliphatic carbocycles. The Balaban J connectivity index is 1.54. The van der Waals surface area contributed by atoms with Gasteiger partial charge in [0.2, 0.25) is 0 Å². The van der Waals surface area contributed by atoms with Crippen molar-refractivity contribution in [2.24, 2.45) is 11.3 Å². The molecule has 6 heteroatoms. The predicted octanol–water partition coefficient (Wildman–Crippen LogP) is 5.89. The number of fused-ring (bicyclic) bond motifs is 1. The van der Waals surface area contributed by atoms with Crippen LogP contribution in [0.3, 0.4) is 0 Å². The Morgan fingerprint density at radius 3 is 1.98 bits per heavy atom. The molecule has 0 bridgehead atoms. The number of methoxy groups -OCH3 is 1. The van der Waals surface area contributed by atoms with Gasteiger partial charge in [-0.15, -0.1) is 0 Å². The van der Waals surface area contributed by atoms with Crippen molar-refractivity contribution < 1.29 is 23.4 Å². The zero-order valence-corrected chi connectivity index (χ0v) is 25.6. The van der Waals surface area contributed by atoms with Gasteiger partial charge < -0.3 is 18.6 Å². The predicted molar refractivity (Wildman–Crippen MR) is 160 cm³/mol. The van der Waals surface area contributed by atoms with Gasteiger partial charge in [-0.05, 0) is 39.5 Å². The normalized spacial score (nSPS) is 22.6. The van der Waals surface area contributed by atoms with Gasteiger partial charge in [0, 0.05) is 11.3 Å². The van der Waals surface area contributed by atoms with Crippen LogP contribution >= 0.6 is 0 Å². The first-order valence-electron chi connectivity index (χ1n) is 14.2. The summed E-state index contributed by atoms with van der Waals surface area (Å²) in [5, 5.41) is 2.26. The molecule has 0 unspecified atom stereocenters. The van der Waals surface area contributed by atoms with E-state index in [1.165, 1.54) is 10.4 Å². The number of esters is 1. The number of hydrogen-bond donors (Lipinski definition) is 0. The summed E-state index contributed by atoms with van der Waals surface area (Å²) in [5.74, 6) is 0.788. The van der Waals surface area contributed by atoms with Crippen LogP contribution in [0.25, 0.3) is 0 Å². The third-order valence-corrected chi connectivity index (χ3v) is 14.1. The first-order chi connectivity index (χ1) is 19.0. The molecular formula is C34H42O5Si. The lowest BCUT2D eigenvalue weighted by Gasteiger charge is -2.59. The third-order valence-electron chi connectivity index (χ3n) is 9.07. The molecule has 212 valence electrons. The van der Waals surface area contributed by atoms with E-state index in [0.717, 1.165) is 17.7 Å². The number of carbonyl (C=O) groups is 1. The lowest BCUT2D eigenvalue weighted by Crippen LogP contribution is -2.71. The molecule has 5 nitrogen and oxygen atoms in total. The second-order valence-electron chi connectivity index (χ2n) is 12.9. The molecule has 1 saturated heterocycles. The highest BCUT2D eigenvalue weighted by Crippen LogP contribution is 2.63. The number of rotatable bonds is 10. The van der Waals surface area contributed by atoms with Gasteiger partial charge >= 0.3 is 5.97 Å². The van der Waals surface area contributed by atoms with Crippen molar-refractivity contribution in [1.82, 2.24) is 0 Å². The molecule has 3 aromatic rings. The van der Waals surface area contributed by atoms with Gasteiger partial charge in [0.25, 0.3) is 8.32 Å². The molecule has 0 aromatic heterocycles. The molecule has 1 heterocycles. The molecule has 2 fully saturated rings. The lowest BCUT2D eigenvalue weighted by molar-refractivity contribution is -0.254. The summed E-state index contributed by atoms with van der Waals surface area (Å²) < 4.78 is 25.7. The Kier molecular flexibility index (Phi) is 7.72. The van der Waals surface area contributed by atoms with E-state index in [0.29, 0.717) is 19.6 Å². The van der Waals surface area contributed by atoms with Crippen molar-refractivity contribution in [2.45, 2.75) is 70.8 Å². The van der Waals surface area contributed by atoms with E-state index in [9.17, 15) is 4.79 Å². The summed E-state index contributed by atoms with van der Waals surface area (Å²) in [6.45, 7) is 11.9. The molecule has 3 aromatic carbocycles. The van der Waals surface area contributed by atoms with Crippen LogP contribution in [0.4, 0.5) is 0 Å². The van der Waals surface area contributed by atoms with Crippen LogP contribution in [-0.4, -0.2) is 39.7 Å². The Bertz CT molecular complexity index is 1260. The average molecular weight is 559 g/mol. The minimum Gasteiger partial charge on any atom is -0.497 e. The summed E-state index contributed by atoms with van der Waals surface area (Å²) in [7, 11) is -1.15. The second kappa shape index (κ2) is 10.8. The highest BCUT2D eigenvalue weighted by Gasteiger charge is 2.71. The Hall–Kier alpha value is -2.93. The van der Waals surface area contributed by atoms with Gasteiger partial charge in [0.05, 0.1) is 26.7 Å². The maximum absolute atomic E-state index is 12.7. The smallest absolute Gasteiger partial charge is 0.306 e. The maximum atomic E-state index is 12.7. The van der Waals surface area contributed by atoms with Crippen LogP contribution in [-0.2, 0) is 25.3 Å². The molecule has 2 aliphatic rings. The van der Waals surface area contributed by atoms with E-state index in [2.05, 4.69) is 95.3 Å². The molecular weight excluding hydrogens is 516 g/mol. The highest BCUT2D eigenvalue weighted by molar-refractivity contribution is 6.99. The lowest BCUT2D eigenvalue weighted by atomic mass is 9.50. The standard InChI is InChI=1S/C34H42O5Si/c1-32(2,3)40(28-13-9-7-10-14-28,29-15-11-8-12-16-29)38-24-30(37-23-25-17-19-27(36-6)20-18-25)34-26(21-31(35)39-34)22-33(34,4)5/h7-20,26,30H,21-24H2,1-6H3/t26-,30-,34+/m1/s1. The van der Waals surface area contributed by atoms with Crippen molar-refractivity contribution >= 4 is 24.7 Å². The van der Waals surface area contributed by atoms with Crippen LogP contribution in [0.5, 0.6) is 5.75 Å². The fourth-order valence-electron chi connectivity index (χ4n) is 7.17. The van der Waals surface area contributed by atoms with Gasteiger partial charge in [-0.2, -0.15) is 0 Å². The van der Waals surface area contributed by atoms with E-state index in [4.69, 9.17) is 18.6 Å². The van der Waals surface area contributed by atoms with Gasteiger partial charge in [0.1, 0.15) is 17.5 Å². The van der Waals surface area contributed by atoms with Crippen LogP contribution in [0.15, 0.2) is 84.9 Å². The molecule has 5 rings (SSSR count). The second-order valence-corrected chi connectivity index (χ2v) is 17.2. The van der Waals surface area contributed by atoms with Crippen LogP contribution in [0.1, 0.15) is 53.0 Å². The Morgan fingerprint density at radius 2 is 1.50 bits per heavy atom. The SMILES string of the molecule is COc1ccc(CO[C@H](CO[Si](c2ccccc2)(c2ccccc2)C(C)(C)C)[C@@]23OC(=O)C[C@@H]2CC3(C)C)cc1. The monoisotopic (exact) mass is 558 g/mol. The Morgan fingerprint density at radius 1 is 0.925 bits per heavy atom. The quantitative estimate of drug-likeness (QED) is 0.230. The van der Waals surface area contributed by atoms with E-state index in [-0.39, 0.29) is 22.3 Å². The summed E-state index contributed by atoms with van der Waals surface area (Å²) in [5.41, 5.74) is 0.0937. The van der Waals surface area contributed by atoms with Crippen molar-refractivity contribution in [3.05, 3.63) is 90.5 Å². The summed E-state index contributed by atoms with van der Waals surface area (Å²) in [6.07, 6.45) is 0.947. The van der Waals surface area contributed by atoms with E-state index in [1.54, 1.807) is 7.11 Å². The molecule has 1 aliphatic heterocycles. The minimum atomic E-state index is -2.81. The number of carbonyl (C=O) groups excluding carboxylic acids is 1. The maximum Gasteiger partial charge on any atom is 0.306 e. The fraction of sp³-hybridized carbons (Fsp3) is 0.441. The number of hydrogen-bond acceptors (Lipinski definition) is 5. The van der Waals surface area contributed by atoms with E-state index < -0.39 is 20.0 Å². The fourth-order valence-corrected chi connectivity index (χ4v) is 11.7. The highest BCUT2D eigenvalue weighted by atomic mass is 28.4. The first-order valence-corrected chi connectivity index (χ1v) is 16.2. The molecule has 3 atom stereocenters. The van der Waals surface area contributed by atoms with E-state index in [1.807, 2.05) is 24.3 Å². The molecule has 0 amide bonds. The topological polar surface area (TPSA) is 54.0 Å². The van der Waals surface area contributed by atoms with Gasteiger partial charge in [0.15, 0.2) is 0 Å². The van der Waals surface area contributed by atoms with Crippen LogP contribution in [0.2, 0.25) is 5.04 Å². The van der Waals surface area contributed by atoms with Gasteiger partial charge in [-0.1, -0.05) is 107 Å². The van der Waals surface area contributed by atoms with Crippen LogP contribution < -0.4 is 15.1 Å². The van der Waals surface area contributed by atoms with Crippen molar-refractivity contribution in [2.75, 3.05) is 13.7 Å². The summed E-state index contributed by atoms with van der Waals surface area (Å²) >= 11 is 0. The molecule has 0 radical (unpaired) electrons. The molecule has 1 saturated carbocycles. The van der Waals surface area contributed by atoms with Crippen molar-refractivity contribution in [1.29, 1.82) is 0 Å². The van der Waals surface area contributed by atoms with Gasteiger partial charge in [-0.25, -0.2) is 0 Å². The zero-order valence-electron chi connectivity index (χ0n) is 24.6. The van der Waals surface area contributed by atoms with E-state index >= 15 is 0 Å². The first kappa shape index (κ1) is 28.6. The van der Waals surface area contributed by atoms with Gasteiger partial charge in [-0.3, -0.25) is 4.79 Å². The summed E-state index contributed by atoms with van der Waals surface area (Å²) in [6, 6.07) is 29.2. The summed E-state index contributed by atoms with van der Waals surface area (Å²) in [4.78, 5) is 12.7. The van der Waals surface area contributed by atoms with Crippen molar-refractivity contribution in [3.8, 4) is 5.75 Å². The molecule has 40 heavy (non-hydrogen) atoms. The number of ether oxygens (including phenoxy) is 3. The Labute approximate surface area is 239 Å². The van der Waals surface area contributed by atoms with Crippen LogP contribution in [0, 0.1) is 11.3 Å². The molecule has 0 N–H and O–H groups in total. The minimum absolute atomic E-state index is 0.124. The zero-order chi connectivity index (χ0) is 28.6. The molecule has 0 spiro atoms.